The molecule has 0 bridgehead atoms. The lowest BCUT2D eigenvalue weighted by Gasteiger charge is -2.27. The Morgan fingerprint density at radius 3 is 2.47 bits per heavy atom. The number of rotatable bonds is 9. The van der Waals surface area contributed by atoms with Crippen molar-refractivity contribution in [1.29, 1.82) is 0 Å². The molecule has 0 aromatic heterocycles. The predicted molar refractivity (Wildman–Crippen MR) is 82.7 cm³/mol. The van der Waals surface area contributed by atoms with Gasteiger partial charge < -0.3 is 10.1 Å². The Hall–Kier alpha value is -1.02. The van der Waals surface area contributed by atoms with E-state index in [2.05, 4.69) is 50.4 Å². The second-order valence-electron chi connectivity index (χ2n) is 5.17. The van der Waals surface area contributed by atoms with Crippen LogP contribution >= 0.6 is 0 Å². The molecule has 108 valence electrons. The minimum atomic E-state index is 0.391. The molecule has 0 saturated carbocycles. The van der Waals surface area contributed by atoms with E-state index >= 15 is 0 Å². The molecule has 0 spiro atoms. The predicted octanol–water partition coefficient (Wildman–Crippen LogP) is 4.56. The number of ether oxygens (including phenoxy) is 1. The highest BCUT2D eigenvalue weighted by molar-refractivity contribution is 5.36. The number of benzene rings is 1. The average molecular weight is 263 g/mol. The summed E-state index contributed by atoms with van der Waals surface area (Å²) < 4.78 is 5.79. The summed E-state index contributed by atoms with van der Waals surface area (Å²) in [6, 6.07) is 8.83. The van der Waals surface area contributed by atoms with Crippen LogP contribution in [0, 0.1) is 5.92 Å². The average Bonchev–Trinajstić information content (AvgIpc) is 2.41. The van der Waals surface area contributed by atoms with Gasteiger partial charge in [0.25, 0.3) is 0 Å². The van der Waals surface area contributed by atoms with Gasteiger partial charge in [0.2, 0.25) is 0 Å². The first-order valence-electron chi connectivity index (χ1n) is 7.69. The van der Waals surface area contributed by atoms with E-state index < -0.39 is 0 Å². The highest BCUT2D eigenvalue weighted by Gasteiger charge is 2.21. The van der Waals surface area contributed by atoms with Crippen molar-refractivity contribution in [3.63, 3.8) is 0 Å². The molecule has 2 unspecified atom stereocenters. The third-order valence-electron chi connectivity index (χ3n) is 3.48. The van der Waals surface area contributed by atoms with Crippen LogP contribution in [0.1, 0.15) is 58.6 Å². The fourth-order valence-electron chi connectivity index (χ4n) is 2.56. The third kappa shape index (κ3) is 4.87. The van der Waals surface area contributed by atoms with Crippen molar-refractivity contribution >= 4 is 0 Å². The third-order valence-corrected chi connectivity index (χ3v) is 3.48. The zero-order valence-electron chi connectivity index (χ0n) is 12.9. The van der Waals surface area contributed by atoms with Crippen LogP contribution in [0.3, 0.4) is 0 Å². The van der Waals surface area contributed by atoms with Crippen molar-refractivity contribution in [2.45, 2.75) is 53.0 Å². The molecule has 1 N–H and O–H groups in total. The van der Waals surface area contributed by atoms with E-state index in [0.717, 1.165) is 25.3 Å². The van der Waals surface area contributed by atoms with Crippen LogP contribution in [0.15, 0.2) is 24.3 Å². The lowest BCUT2D eigenvalue weighted by Crippen LogP contribution is -2.28. The Labute approximate surface area is 118 Å². The molecule has 1 aromatic carbocycles. The SMILES string of the molecule is CCCNC(c1ccccc1OCC)C(C)CCC. The number of nitrogens with one attached hydrogen (secondary N) is 1. The fraction of sp³-hybridized carbons (Fsp3) is 0.647. The van der Waals surface area contributed by atoms with Gasteiger partial charge in [0, 0.05) is 11.6 Å². The lowest BCUT2D eigenvalue weighted by molar-refractivity contribution is 0.312. The van der Waals surface area contributed by atoms with E-state index in [1.54, 1.807) is 0 Å². The van der Waals surface area contributed by atoms with Crippen molar-refractivity contribution in [2.75, 3.05) is 13.2 Å². The summed E-state index contributed by atoms with van der Waals surface area (Å²) in [4.78, 5) is 0. The molecule has 19 heavy (non-hydrogen) atoms. The molecule has 0 fully saturated rings. The monoisotopic (exact) mass is 263 g/mol. The van der Waals surface area contributed by atoms with Gasteiger partial charge in [-0.1, -0.05) is 45.4 Å². The van der Waals surface area contributed by atoms with Gasteiger partial charge in [-0.05, 0) is 38.3 Å². The zero-order valence-corrected chi connectivity index (χ0v) is 12.9. The molecule has 0 amide bonds. The van der Waals surface area contributed by atoms with Gasteiger partial charge in [0.1, 0.15) is 5.75 Å². The molecule has 1 rings (SSSR count). The summed E-state index contributed by atoms with van der Waals surface area (Å²) in [5.74, 6) is 1.65. The maximum Gasteiger partial charge on any atom is 0.124 e. The van der Waals surface area contributed by atoms with Gasteiger partial charge in [-0.15, -0.1) is 0 Å². The minimum absolute atomic E-state index is 0.391. The molecule has 2 nitrogen and oxygen atoms in total. The fourth-order valence-corrected chi connectivity index (χ4v) is 2.56. The van der Waals surface area contributed by atoms with Crippen molar-refractivity contribution < 1.29 is 4.74 Å². The molecule has 0 aliphatic rings. The van der Waals surface area contributed by atoms with E-state index in [-0.39, 0.29) is 0 Å². The van der Waals surface area contributed by atoms with Gasteiger partial charge in [-0.25, -0.2) is 0 Å². The van der Waals surface area contributed by atoms with Gasteiger partial charge in [0.15, 0.2) is 0 Å². The van der Waals surface area contributed by atoms with Crippen molar-refractivity contribution in [3.8, 4) is 5.75 Å². The molecular weight excluding hydrogens is 234 g/mol. The van der Waals surface area contributed by atoms with Crippen LogP contribution in [0.5, 0.6) is 5.75 Å². The maximum absolute atomic E-state index is 5.79. The number of para-hydroxylation sites is 1. The Morgan fingerprint density at radius 1 is 1.11 bits per heavy atom. The second-order valence-corrected chi connectivity index (χ2v) is 5.17. The molecule has 0 radical (unpaired) electrons. The van der Waals surface area contributed by atoms with E-state index in [0.29, 0.717) is 12.0 Å². The highest BCUT2D eigenvalue weighted by atomic mass is 16.5. The molecule has 0 heterocycles. The quantitative estimate of drug-likeness (QED) is 0.705. The molecule has 2 heteroatoms. The molecule has 0 aliphatic heterocycles. The lowest BCUT2D eigenvalue weighted by atomic mass is 9.90. The summed E-state index contributed by atoms with van der Waals surface area (Å²) in [5.41, 5.74) is 1.30. The number of hydrogen-bond donors (Lipinski definition) is 1. The standard InChI is InChI=1S/C17H29NO/c1-5-10-14(4)17(18-13-6-2)15-11-8-9-12-16(15)19-7-3/h8-9,11-12,14,17-18H,5-7,10,13H2,1-4H3. The van der Waals surface area contributed by atoms with Crippen molar-refractivity contribution in [1.82, 2.24) is 5.32 Å². The normalized spacial score (nSPS) is 14.1. The summed E-state index contributed by atoms with van der Waals surface area (Å²) in [5, 5.41) is 3.69. The molecular formula is C17H29NO. The van der Waals surface area contributed by atoms with Gasteiger partial charge in [0.05, 0.1) is 6.61 Å². The van der Waals surface area contributed by atoms with Crippen LogP contribution in [0.2, 0.25) is 0 Å². The first-order valence-corrected chi connectivity index (χ1v) is 7.69. The minimum Gasteiger partial charge on any atom is -0.494 e. The summed E-state index contributed by atoms with van der Waals surface area (Å²) >= 11 is 0. The summed E-state index contributed by atoms with van der Waals surface area (Å²) in [6.45, 7) is 10.6. The van der Waals surface area contributed by atoms with Crippen molar-refractivity contribution in [2.24, 2.45) is 5.92 Å². The van der Waals surface area contributed by atoms with Gasteiger partial charge >= 0.3 is 0 Å². The Kier molecular flexibility index (Phi) is 7.57. The van der Waals surface area contributed by atoms with Crippen LogP contribution in [0.25, 0.3) is 0 Å². The van der Waals surface area contributed by atoms with E-state index in [1.807, 2.05) is 6.92 Å². The van der Waals surface area contributed by atoms with Crippen LogP contribution in [-0.4, -0.2) is 13.2 Å². The zero-order chi connectivity index (χ0) is 14.1. The molecule has 0 saturated heterocycles. The molecule has 0 aliphatic carbocycles. The smallest absolute Gasteiger partial charge is 0.124 e. The summed E-state index contributed by atoms with van der Waals surface area (Å²) in [7, 11) is 0. The first kappa shape index (κ1) is 16.0. The summed E-state index contributed by atoms with van der Waals surface area (Å²) in [6.07, 6.45) is 3.62. The van der Waals surface area contributed by atoms with Crippen molar-refractivity contribution in [3.05, 3.63) is 29.8 Å². The van der Waals surface area contributed by atoms with E-state index in [1.165, 1.54) is 18.4 Å². The Morgan fingerprint density at radius 2 is 1.84 bits per heavy atom. The first-order chi connectivity index (χ1) is 9.24. The molecule has 1 aromatic rings. The van der Waals surface area contributed by atoms with Crippen LogP contribution in [-0.2, 0) is 0 Å². The Bertz CT molecular complexity index is 351. The van der Waals surface area contributed by atoms with E-state index in [9.17, 15) is 0 Å². The van der Waals surface area contributed by atoms with Crippen LogP contribution < -0.4 is 10.1 Å². The topological polar surface area (TPSA) is 21.3 Å². The second kappa shape index (κ2) is 8.98. The maximum atomic E-state index is 5.79. The molecule has 2 atom stereocenters. The van der Waals surface area contributed by atoms with E-state index in [4.69, 9.17) is 4.74 Å². The van der Waals surface area contributed by atoms with Gasteiger partial charge in [-0.2, -0.15) is 0 Å². The highest BCUT2D eigenvalue weighted by Crippen LogP contribution is 2.32. The van der Waals surface area contributed by atoms with Crippen LogP contribution in [0.4, 0.5) is 0 Å². The number of hydrogen-bond acceptors (Lipinski definition) is 2. The Balaban J connectivity index is 2.94. The van der Waals surface area contributed by atoms with Gasteiger partial charge in [-0.3, -0.25) is 0 Å². The largest absolute Gasteiger partial charge is 0.494 e.